The van der Waals surface area contributed by atoms with Crippen molar-refractivity contribution >= 4 is 11.8 Å². The molecule has 0 radical (unpaired) electrons. The summed E-state index contributed by atoms with van der Waals surface area (Å²) in [7, 11) is 0. The molecule has 0 spiro atoms. The van der Waals surface area contributed by atoms with Crippen molar-refractivity contribution < 1.29 is 4.57 Å². The molecule has 0 fully saturated rings. The first kappa shape index (κ1) is 11.1. The molecule has 3 nitrogen and oxygen atoms in total. The maximum absolute atomic E-state index is 8.49. The zero-order chi connectivity index (χ0) is 10.4. The smallest absolute Gasteiger partial charge is 0.233 e. The third kappa shape index (κ3) is 2.78. The molecule has 0 N–H and O–H groups in total. The first-order chi connectivity index (χ1) is 6.79. The Bertz CT molecular complexity index is 325. The molecule has 0 aromatic carbocycles. The molecule has 0 atom stereocenters. The molecule has 1 rings (SSSR count). The highest BCUT2D eigenvalue weighted by atomic mass is 32.2. The van der Waals surface area contributed by atoms with Crippen molar-refractivity contribution in [2.75, 3.05) is 5.75 Å². The average Bonchev–Trinajstić information content (AvgIpc) is 2.54. The first-order valence-electron chi connectivity index (χ1n) is 4.79. The van der Waals surface area contributed by atoms with E-state index < -0.39 is 0 Å². The van der Waals surface area contributed by atoms with E-state index in [1.807, 2.05) is 18.0 Å². The van der Waals surface area contributed by atoms with Crippen molar-refractivity contribution in [1.82, 2.24) is 4.57 Å². The summed E-state index contributed by atoms with van der Waals surface area (Å²) in [6, 6.07) is 2.16. The largest absolute Gasteiger partial charge is 0.253 e. The van der Waals surface area contributed by atoms with Gasteiger partial charge in [-0.2, -0.15) is 5.26 Å². The fourth-order valence-electron chi connectivity index (χ4n) is 1.27. The standard InChI is InChI=1S/C10H16N3S/c1-3-14-9-13-8-7-12(10(13)2)6-4-5-11/h7-8H,3-4,6,9H2,1-2H3/q+1. The second kappa shape index (κ2) is 5.71. The van der Waals surface area contributed by atoms with Crippen LogP contribution in [-0.4, -0.2) is 10.3 Å². The van der Waals surface area contributed by atoms with Gasteiger partial charge in [0.1, 0.15) is 24.8 Å². The second-order valence-corrected chi connectivity index (χ2v) is 4.28. The molecule has 0 saturated carbocycles. The average molecular weight is 210 g/mol. The molecule has 76 valence electrons. The van der Waals surface area contributed by atoms with Crippen molar-refractivity contribution in [3.8, 4) is 6.07 Å². The molecule has 4 heteroatoms. The SMILES string of the molecule is CCSC[n+]1ccn(CCC#N)c1C. The number of nitrogens with zero attached hydrogens (tertiary/aromatic N) is 3. The fraction of sp³-hybridized carbons (Fsp3) is 0.600. The highest BCUT2D eigenvalue weighted by Crippen LogP contribution is 2.01. The summed E-state index contributed by atoms with van der Waals surface area (Å²) in [5.41, 5.74) is 0. The molecule has 1 heterocycles. The second-order valence-electron chi connectivity index (χ2n) is 3.04. The van der Waals surface area contributed by atoms with E-state index in [2.05, 4.69) is 35.2 Å². The number of aryl methyl sites for hydroxylation is 1. The Morgan fingerprint density at radius 1 is 1.64 bits per heavy atom. The summed E-state index contributed by atoms with van der Waals surface area (Å²) in [6.45, 7) is 5.05. The Morgan fingerprint density at radius 3 is 3.07 bits per heavy atom. The summed E-state index contributed by atoms with van der Waals surface area (Å²) in [5, 5.41) is 8.49. The van der Waals surface area contributed by atoms with E-state index in [4.69, 9.17) is 5.26 Å². The van der Waals surface area contributed by atoms with E-state index in [0.29, 0.717) is 6.42 Å². The van der Waals surface area contributed by atoms with Gasteiger partial charge in [-0.15, -0.1) is 11.8 Å². The van der Waals surface area contributed by atoms with Crippen LogP contribution in [0.15, 0.2) is 12.4 Å². The van der Waals surface area contributed by atoms with Gasteiger partial charge in [-0.1, -0.05) is 6.92 Å². The van der Waals surface area contributed by atoms with Gasteiger partial charge in [-0.05, 0) is 5.75 Å². The third-order valence-electron chi connectivity index (χ3n) is 2.16. The van der Waals surface area contributed by atoms with Crippen LogP contribution in [0.25, 0.3) is 0 Å². The lowest BCUT2D eigenvalue weighted by molar-refractivity contribution is -0.681. The normalized spacial score (nSPS) is 10.1. The molecule has 0 unspecified atom stereocenters. The Kier molecular flexibility index (Phi) is 4.54. The number of thioether (sulfide) groups is 1. The Labute approximate surface area is 89.4 Å². The summed E-state index contributed by atoms with van der Waals surface area (Å²) in [4.78, 5) is 0. The minimum Gasteiger partial charge on any atom is -0.233 e. The van der Waals surface area contributed by atoms with Crippen LogP contribution in [-0.2, 0) is 12.4 Å². The third-order valence-corrected chi connectivity index (χ3v) is 3.03. The minimum atomic E-state index is 0.580. The van der Waals surface area contributed by atoms with Crippen LogP contribution < -0.4 is 4.57 Å². The van der Waals surface area contributed by atoms with Gasteiger partial charge in [0.05, 0.1) is 12.5 Å². The topological polar surface area (TPSA) is 32.6 Å². The molecule has 1 aromatic rings. The van der Waals surface area contributed by atoms with Crippen LogP contribution in [0, 0.1) is 18.3 Å². The van der Waals surface area contributed by atoms with Gasteiger partial charge in [0, 0.05) is 6.92 Å². The molecule has 0 aliphatic carbocycles. The van der Waals surface area contributed by atoms with Gasteiger partial charge in [0.2, 0.25) is 0 Å². The van der Waals surface area contributed by atoms with E-state index in [1.165, 1.54) is 5.82 Å². The quantitative estimate of drug-likeness (QED) is 0.693. The number of hydrogen-bond acceptors (Lipinski definition) is 2. The Morgan fingerprint density at radius 2 is 2.43 bits per heavy atom. The zero-order valence-corrected chi connectivity index (χ0v) is 9.55. The molecular formula is C10H16N3S+. The van der Waals surface area contributed by atoms with Crippen LogP contribution >= 0.6 is 11.8 Å². The van der Waals surface area contributed by atoms with Crippen LogP contribution in [0.5, 0.6) is 0 Å². The van der Waals surface area contributed by atoms with Crippen molar-refractivity contribution in [1.29, 1.82) is 5.26 Å². The predicted molar refractivity (Wildman–Crippen MR) is 57.7 cm³/mol. The van der Waals surface area contributed by atoms with Crippen LogP contribution in [0.1, 0.15) is 19.2 Å². The van der Waals surface area contributed by atoms with E-state index in [-0.39, 0.29) is 0 Å². The lowest BCUT2D eigenvalue weighted by Gasteiger charge is -1.98. The molecule has 1 aromatic heterocycles. The summed E-state index contributed by atoms with van der Waals surface area (Å²) in [6.07, 6.45) is 4.70. The maximum Gasteiger partial charge on any atom is 0.253 e. The van der Waals surface area contributed by atoms with Crippen molar-refractivity contribution in [3.05, 3.63) is 18.2 Å². The molecule has 0 amide bonds. The molecule has 0 aliphatic rings. The van der Waals surface area contributed by atoms with E-state index in [9.17, 15) is 0 Å². The van der Waals surface area contributed by atoms with E-state index >= 15 is 0 Å². The summed E-state index contributed by atoms with van der Waals surface area (Å²) < 4.78 is 4.34. The molecular weight excluding hydrogens is 194 g/mol. The van der Waals surface area contributed by atoms with Gasteiger partial charge < -0.3 is 0 Å². The van der Waals surface area contributed by atoms with Crippen molar-refractivity contribution in [2.24, 2.45) is 0 Å². The predicted octanol–water partition coefficient (Wildman–Crippen LogP) is 1.71. The number of nitriles is 1. The lowest BCUT2D eigenvalue weighted by atomic mass is 10.4. The number of rotatable bonds is 5. The Balaban J connectivity index is 2.61. The maximum atomic E-state index is 8.49. The van der Waals surface area contributed by atoms with Crippen LogP contribution in [0.2, 0.25) is 0 Å². The highest BCUT2D eigenvalue weighted by molar-refractivity contribution is 7.98. The van der Waals surface area contributed by atoms with Gasteiger partial charge in [-0.25, -0.2) is 9.13 Å². The van der Waals surface area contributed by atoms with Crippen LogP contribution in [0.4, 0.5) is 0 Å². The van der Waals surface area contributed by atoms with Gasteiger partial charge in [0.15, 0.2) is 0 Å². The molecule has 0 saturated heterocycles. The number of hydrogen-bond donors (Lipinski definition) is 0. The van der Waals surface area contributed by atoms with E-state index in [1.54, 1.807) is 0 Å². The number of aromatic nitrogens is 2. The van der Waals surface area contributed by atoms with Gasteiger partial charge in [0.25, 0.3) is 5.82 Å². The molecule has 0 aliphatic heterocycles. The summed E-state index contributed by atoms with van der Waals surface area (Å²) >= 11 is 1.90. The first-order valence-corrected chi connectivity index (χ1v) is 5.95. The fourth-order valence-corrected chi connectivity index (χ4v) is 1.93. The van der Waals surface area contributed by atoms with Gasteiger partial charge >= 0.3 is 0 Å². The van der Waals surface area contributed by atoms with Crippen molar-refractivity contribution in [2.45, 2.75) is 32.7 Å². The Hall–Kier alpha value is -0.950. The monoisotopic (exact) mass is 210 g/mol. The van der Waals surface area contributed by atoms with Crippen LogP contribution in [0.3, 0.4) is 0 Å². The molecule has 0 bridgehead atoms. The lowest BCUT2D eigenvalue weighted by Crippen LogP contribution is -2.34. The minimum absolute atomic E-state index is 0.580. The zero-order valence-electron chi connectivity index (χ0n) is 8.73. The van der Waals surface area contributed by atoms with Gasteiger partial charge in [-0.3, -0.25) is 0 Å². The molecule has 14 heavy (non-hydrogen) atoms. The van der Waals surface area contributed by atoms with E-state index in [0.717, 1.165) is 18.2 Å². The van der Waals surface area contributed by atoms with Crippen molar-refractivity contribution in [3.63, 3.8) is 0 Å². The number of imidazole rings is 1. The highest BCUT2D eigenvalue weighted by Gasteiger charge is 2.10. The summed E-state index contributed by atoms with van der Waals surface area (Å²) in [5.74, 6) is 3.36.